The van der Waals surface area contributed by atoms with Crippen LogP contribution in [0.3, 0.4) is 0 Å². The second-order valence-corrected chi connectivity index (χ2v) is 5.88. The molecule has 20 heavy (non-hydrogen) atoms. The number of nitrogens with two attached hydrogens (primary N) is 1. The first-order valence-electron chi connectivity index (χ1n) is 6.84. The van der Waals surface area contributed by atoms with Crippen molar-refractivity contribution in [3.8, 4) is 0 Å². The molecule has 0 radical (unpaired) electrons. The normalized spacial score (nSPS) is 27.9. The van der Waals surface area contributed by atoms with E-state index in [0.717, 1.165) is 0 Å². The van der Waals surface area contributed by atoms with Crippen molar-refractivity contribution in [1.29, 1.82) is 0 Å². The summed E-state index contributed by atoms with van der Waals surface area (Å²) in [6.07, 6.45) is 2.16. The van der Waals surface area contributed by atoms with Gasteiger partial charge in [-0.3, -0.25) is 4.79 Å². The number of aromatic nitrogens is 3. The lowest BCUT2D eigenvalue weighted by atomic mass is 9.54. The van der Waals surface area contributed by atoms with Crippen molar-refractivity contribution in [2.75, 3.05) is 6.61 Å². The summed E-state index contributed by atoms with van der Waals surface area (Å²) in [5.41, 5.74) is 5.01. The topological polar surface area (TPSA) is 95.1 Å². The van der Waals surface area contributed by atoms with Crippen molar-refractivity contribution in [2.24, 2.45) is 18.2 Å². The van der Waals surface area contributed by atoms with Crippen LogP contribution in [-0.2, 0) is 23.1 Å². The minimum absolute atomic E-state index is 0.0260. The quantitative estimate of drug-likeness (QED) is 0.790. The third-order valence-electron chi connectivity index (χ3n) is 4.45. The first kappa shape index (κ1) is 14.9. The molecular weight excluding hydrogens is 258 g/mol. The molecule has 1 aromatic rings. The molecule has 1 aromatic heterocycles. The lowest BCUT2D eigenvalue weighted by Gasteiger charge is -2.57. The molecule has 7 heteroatoms. The van der Waals surface area contributed by atoms with E-state index in [-0.39, 0.29) is 17.4 Å². The van der Waals surface area contributed by atoms with Gasteiger partial charge < -0.3 is 20.4 Å². The van der Waals surface area contributed by atoms with Crippen molar-refractivity contribution in [3.05, 3.63) is 12.2 Å². The van der Waals surface area contributed by atoms with Crippen LogP contribution in [0.25, 0.3) is 0 Å². The van der Waals surface area contributed by atoms with Gasteiger partial charge in [-0.25, -0.2) is 0 Å². The highest BCUT2D eigenvalue weighted by atomic mass is 16.5. The molecule has 0 aromatic carbocycles. The maximum absolute atomic E-state index is 12.4. The fraction of sp³-hybridized carbons (Fsp3) is 0.769. The highest BCUT2D eigenvalue weighted by Crippen LogP contribution is 2.49. The Balaban J connectivity index is 1.98. The van der Waals surface area contributed by atoms with Crippen LogP contribution in [0.4, 0.5) is 0 Å². The fourth-order valence-corrected chi connectivity index (χ4v) is 2.60. The highest BCUT2D eigenvalue weighted by Gasteiger charge is 2.62. The van der Waals surface area contributed by atoms with E-state index in [1.54, 1.807) is 10.9 Å². The molecule has 0 spiro atoms. The van der Waals surface area contributed by atoms with Crippen LogP contribution in [-0.4, -0.2) is 38.9 Å². The van der Waals surface area contributed by atoms with Crippen LogP contribution in [0, 0.1) is 5.41 Å². The Bertz CT molecular complexity index is 499. The maximum atomic E-state index is 12.4. The Kier molecular flexibility index (Phi) is 3.84. The molecule has 1 amide bonds. The van der Waals surface area contributed by atoms with E-state index >= 15 is 0 Å². The van der Waals surface area contributed by atoms with Crippen LogP contribution in [0.2, 0.25) is 0 Å². The molecule has 0 aliphatic heterocycles. The lowest BCUT2D eigenvalue weighted by Crippen LogP contribution is -2.75. The molecule has 1 aliphatic rings. The average molecular weight is 281 g/mol. The van der Waals surface area contributed by atoms with Crippen LogP contribution in [0.1, 0.15) is 33.0 Å². The van der Waals surface area contributed by atoms with E-state index in [1.807, 2.05) is 27.8 Å². The Morgan fingerprint density at radius 2 is 2.35 bits per heavy atom. The fourth-order valence-electron chi connectivity index (χ4n) is 2.60. The largest absolute Gasteiger partial charge is 0.378 e. The van der Waals surface area contributed by atoms with Crippen molar-refractivity contribution in [1.82, 2.24) is 20.1 Å². The van der Waals surface area contributed by atoms with E-state index in [9.17, 15) is 4.79 Å². The summed E-state index contributed by atoms with van der Waals surface area (Å²) in [5.74, 6) is 0.530. The minimum atomic E-state index is -0.897. The molecule has 0 saturated heterocycles. The van der Waals surface area contributed by atoms with Crippen molar-refractivity contribution < 1.29 is 9.53 Å². The molecule has 2 rings (SSSR count). The first-order valence-corrected chi connectivity index (χ1v) is 6.84. The summed E-state index contributed by atoms with van der Waals surface area (Å²) in [5, 5.41) is 10.5. The molecule has 1 heterocycles. The number of rotatable bonds is 5. The average Bonchev–Trinajstić information content (AvgIpc) is 2.81. The molecule has 1 saturated carbocycles. The molecule has 7 nitrogen and oxygen atoms in total. The van der Waals surface area contributed by atoms with Crippen molar-refractivity contribution in [3.63, 3.8) is 0 Å². The summed E-state index contributed by atoms with van der Waals surface area (Å²) >= 11 is 0. The molecule has 2 atom stereocenters. The summed E-state index contributed by atoms with van der Waals surface area (Å²) in [6.45, 7) is 6.84. The second kappa shape index (κ2) is 5.14. The number of hydrogen-bond donors (Lipinski definition) is 2. The van der Waals surface area contributed by atoms with Gasteiger partial charge >= 0.3 is 0 Å². The predicted molar refractivity (Wildman–Crippen MR) is 73.6 cm³/mol. The molecule has 3 N–H and O–H groups in total. The van der Waals surface area contributed by atoms with E-state index in [4.69, 9.17) is 10.5 Å². The zero-order chi connectivity index (χ0) is 15.0. The maximum Gasteiger partial charge on any atom is 0.241 e. The third kappa shape index (κ3) is 2.20. The summed E-state index contributed by atoms with van der Waals surface area (Å²) in [7, 11) is 1.83. The van der Waals surface area contributed by atoms with Gasteiger partial charge in [-0.1, -0.05) is 13.8 Å². The smallest absolute Gasteiger partial charge is 0.241 e. The van der Waals surface area contributed by atoms with Crippen molar-refractivity contribution in [2.45, 2.75) is 45.4 Å². The monoisotopic (exact) mass is 281 g/mol. The predicted octanol–water partition coefficient (Wildman–Crippen LogP) is -0.0362. The van der Waals surface area contributed by atoms with Gasteiger partial charge in [0.05, 0.1) is 12.6 Å². The number of carbonyl (C=O) groups is 1. The molecule has 0 bridgehead atoms. The minimum Gasteiger partial charge on any atom is -0.378 e. The van der Waals surface area contributed by atoms with Crippen LogP contribution < -0.4 is 11.1 Å². The first-order chi connectivity index (χ1) is 9.33. The van der Waals surface area contributed by atoms with E-state index in [0.29, 0.717) is 25.4 Å². The Morgan fingerprint density at radius 1 is 1.65 bits per heavy atom. The Labute approximate surface area is 118 Å². The molecule has 2 unspecified atom stereocenters. The number of ether oxygens (including phenoxy) is 1. The van der Waals surface area contributed by atoms with Gasteiger partial charge in [-0.15, -0.1) is 10.2 Å². The Morgan fingerprint density at radius 3 is 2.85 bits per heavy atom. The number of nitrogens with zero attached hydrogens (tertiary/aromatic N) is 3. The number of amides is 1. The second-order valence-electron chi connectivity index (χ2n) is 5.88. The zero-order valence-electron chi connectivity index (χ0n) is 12.5. The summed E-state index contributed by atoms with van der Waals surface area (Å²) in [4.78, 5) is 12.4. The standard InChI is InChI=1S/C13H23N5O2/c1-5-20-9-6-13(14,12(9,2)3)11(19)15-7-10-17-16-8-18(10)4/h8-9H,5-7,14H2,1-4H3,(H,15,19). The number of carbonyl (C=O) groups excluding carboxylic acids is 1. The molecule has 1 fully saturated rings. The van der Waals surface area contributed by atoms with Crippen LogP contribution in [0.5, 0.6) is 0 Å². The summed E-state index contributed by atoms with van der Waals surface area (Å²) in [6, 6.07) is 0. The van der Waals surface area contributed by atoms with Gasteiger partial charge in [0, 0.05) is 25.5 Å². The van der Waals surface area contributed by atoms with E-state index < -0.39 is 5.54 Å². The van der Waals surface area contributed by atoms with Gasteiger partial charge in [0.2, 0.25) is 5.91 Å². The van der Waals surface area contributed by atoms with Gasteiger partial charge in [0.25, 0.3) is 0 Å². The van der Waals surface area contributed by atoms with Gasteiger partial charge in [0.1, 0.15) is 11.9 Å². The van der Waals surface area contributed by atoms with Crippen LogP contribution >= 0.6 is 0 Å². The van der Waals surface area contributed by atoms with Crippen molar-refractivity contribution >= 4 is 5.91 Å². The molecular formula is C13H23N5O2. The molecule has 112 valence electrons. The van der Waals surface area contributed by atoms with Gasteiger partial charge in [0.15, 0.2) is 5.82 Å². The zero-order valence-corrected chi connectivity index (χ0v) is 12.5. The number of hydrogen-bond acceptors (Lipinski definition) is 5. The van der Waals surface area contributed by atoms with E-state index in [2.05, 4.69) is 15.5 Å². The van der Waals surface area contributed by atoms with E-state index in [1.165, 1.54) is 0 Å². The molecule has 1 aliphatic carbocycles. The lowest BCUT2D eigenvalue weighted by molar-refractivity contribution is -0.170. The number of nitrogens with one attached hydrogen (secondary N) is 1. The van der Waals surface area contributed by atoms with Crippen LogP contribution in [0.15, 0.2) is 6.33 Å². The SMILES string of the molecule is CCOC1CC(N)(C(=O)NCc2nncn2C)C1(C)C. The van der Waals surface area contributed by atoms with Gasteiger partial charge in [-0.2, -0.15) is 0 Å². The number of aryl methyl sites for hydroxylation is 1. The highest BCUT2D eigenvalue weighted by molar-refractivity contribution is 5.88. The summed E-state index contributed by atoms with van der Waals surface area (Å²) < 4.78 is 7.38. The third-order valence-corrected chi connectivity index (χ3v) is 4.45. The Hall–Kier alpha value is -1.47. The van der Waals surface area contributed by atoms with Gasteiger partial charge in [-0.05, 0) is 6.92 Å².